The van der Waals surface area contributed by atoms with Crippen molar-refractivity contribution in [3.8, 4) is 0 Å². The Balaban J connectivity index is 4.02. The van der Waals surface area contributed by atoms with Gasteiger partial charge in [-0.1, -0.05) is 84.1 Å². The highest BCUT2D eigenvalue weighted by Gasteiger charge is 2.32. The standard InChI is InChI=1S/C8H15Cl3S2/c1-5-6(8(9,10)11)12-13-7(2,3)4/h6H,5H2,1-4H3/t6-/m1/s1. The first-order chi connectivity index (χ1) is 5.67. The maximum atomic E-state index is 5.82. The van der Waals surface area contributed by atoms with Crippen molar-refractivity contribution in [1.82, 2.24) is 0 Å². The molecule has 0 aromatic carbocycles. The van der Waals surface area contributed by atoms with Crippen molar-refractivity contribution in [2.45, 2.75) is 47.9 Å². The maximum absolute atomic E-state index is 5.82. The van der Waals surface area contributed by atoms with Crippen molar-refractivity contribution in [1.29, 1.82) is 0 Å². The van der Waals surface area contributed by atoms with Gasteiger partial charge in [0, 0.05) is 4.75 Å². The Kier molecular flexibility index (Phi) is 6.27. The molecule has 13 heavy (non-hydrogen) atoms. The van der Waals surface area contributed by atoms with Crippen molar-refractivity contribution < 1.29 is 0 Å². The van der Waals surface area contributed by atoms with Gasteiger partial charge in [0.25, 0.3) is 0 Å². The number of hydrogen-bond donors (Lipinski definition) is 0. The van der Waals surface area contributed by atoms with E-state index in [-0.39, 0.29) is 10.00 Å². The highest BCUT2D eigenvalue weighted by Crippen LogP contribution is 2.47. The predicted octanol–water partition coefficient (Wildman–Crippen LogP) is 5.32. The number of halogens is 3. The lowest BCUT2D eigenvalue weighted by Gasteiger charge is -2.25. The lowest BCUT2D eigenvalue weighted by atomic mass is 10.3. The Morgan fingerprint density at radius 3 is 1.85 bits per heavy atom. The zero-order valence-electron chi connectivity index (χ0n) is 8.23. The molecule has 0 radical (unpaired) electrons. The quantitative estimate of drug-likeness (QED) is 0.507. The van der Waals surface area contributed by atoms with Crippen molar-refractivity contribution in [2.24, 2.45) is 0 Å². The zero-order valence-corrected chi connectivity index (χ0v) is 12.1. The van der Waals surface area contributed by atoms with Crippen molar-refractivity contribution >= 4 is 56.4 Å². The molecule has 0 saturated heterocycles. The lowest BCUT2D eigenvalue weighted by Crippen LogP contribution is -2.21. The molecule has 0 aromatic rings. The monoisotopic (exact) mass is 280 g/mol. The minimum absolute atomic E-state index is 0.0572. The van der Waals surface area contributed by atoms with Gasteiger partial charge in [-0.2, -0.15) is 0 Å². The summed E-state index contributed by atoms with van der Waals surface area (Å²) in [6.45, 7) is 8.48. The molecule has 0 bridgehead atoms. The molecule has 5 heteroatoms. The maximum Gasteiger partial charge on any atom is 0.203 e. The van der Waals surface area contributed by atoms with Gasteiger partial charge < -0.3 is 0 Å². The molecular weight excluding hydrogens is 267 g/mol. The van der Waals surface area contributed by atoms with E-state index in [1.807, 2.05) is 6.92 Å². The van der Waals surface area contributed by atoms with Crippen LogP contribution in [0.1, 0.15) is 34.1 Å². The molecule has 0 rings (SSSR count). The van der Waals surface area contributed by atoms with E-state index in [2.05, 4.69) is 20.8 Å². The molecular formula is C8H15Cl3S2. The fourth-order valence-electron chi connectivity index (χ4n) is 0.556. The second-order valence-electron chi connectivity index (χ2n) is 3.73. The minimum atomic E-state index is -1.16. The highest BCUT2D eigenvalue weighted by molar-refractivity contribution is 8.77. The van der Waals surface area contributed by atoms with Crippen LogP contribution in [0.25, 0.3) is 0 Å². The van der Waals surface area contributed by atoms with Crippen molar-refractivity contribution in [2.75, 3.05) is 0 Å². The summed E-state index contributed by atoms with van der Waals surface area (Å²) < 4.78 is -0.953. The fraction of sp³-hybridized carbons (Fsp3) is 1.00. The molecule has 80 valence electrons. The van der Waals surface area contributed by atoms with Gasteiger partial charge in [-0.05, 0) is 6.42 Å². The van der Waals surface area contributed by atoms with Gasteiger partial charge in [0.05, 0.1) is 5.25 Å². The second kappa shape index (κ2) is 5.60. The molecule has 0 aliphatic rings. The van der Waals surface area contributed by atoms with Gasteiger partial charge in [0.1, 0.15) is 0 Å². The zero-order chi connectivity index (χ0) is 10.7. The second-order valence-corrected chi connectivity index (χ2v) is 9.33. The van der Waals surface area contributed by atoms with E-state index < -0.39 is 3.79 Å². The smallest absolute Gasteiger partial charge is 0.0877 e. The SMILES string of the molecule is CC[C@@H](SSC(C)(C)C)C(Cl)(Cl)Cl. The summed E-state index contributed by atoms with van der Waals surface area (Å²) in [4.78, 5) is 0. The van der Waals surface area contributed by atoms with E-state index >= 15 is 0 Å². The molecule has 0 heterocycles. The van der Waals surface area contributed by atoms with E-state index in [4.69, 9.17) is 34.8 Å². The minimum Gasteiger partial charge on any atom is -0.0877 e. The molecule has 0 amide bonds. The van der Waals surface area contributed by atoms with Crippen LogP contribution < -0.4 is 0 Å². The molecule has 1 atom stereocenters. The Hall–Kier alpha value is 1.57. The van der Waals surface area contributed by atoms with Crippen LogP contribution in [0.2, 0.25) is 0 Å². The van der Waals surface area contributed by atoms with Crippen LogP contribution in [-0.4, -0.2) is 13.8 Å². The molecule has 0 aliphatic heterocycles. The largest absolute Gasteiger partial charge is 0.203 e. The van der Waals surface area contributed by atoms with Gasteiger partial charge in [0.15, 0.2) is 0 Å². The Morgan fingerprint density at radius 2 is 1.62 bits per heavy atom. The third-order valence-electron chi connectivity index (χ3n) is 1.15. The lowest BCUT2D eigenvalue weighted by molar-refractivity contribution is 0.808. The van der Waals surface area contributed by atoms with Crippen LogP contribution >= 0.6 is 56.4 Å². The van der Waals surface area contributed by atoms with E-state index in [1.165, 1.54) is 0 Å². The van der Waals surface area contributed by atoms with Crippen LogP contribution in [0.15, 0.2) is 0 Å². The first-order valence-corrected chi connectivity index (χ1v) is 7.42. The average molecular weight is 282 g/mol. The summed E-state index contributed by atoms with van der Waals surface area (Å²) in [7, 11) is 3.41. The Labute approximate surface area is 104 Å². The summed E-state index contributed by atoms with van der Waals surface area (Å²) in [5.74, 6) is 0. The average Bonchev–Trinajstić information content (AvgIpc) is 1.82. The number of hydrogen-bond acceptors (Lipinski definition) is 2. The van der Waals surface area contributed by atoms with Crippen LogP contribution in [0.5, 0.6) is 0 Å². The Morgan fingerprint density at radius 1 is 1.15 bits per heavy atom. The molecule has 0 aromatic heterocycles. The summed E-state index contributed by atoms with van der Waals surface area (Å²) in [6.07, 6.45) is 0.865. The third kappa shape index (κ3) is 7.49. The molecule has 0 aliphatic carbocycles. The molecule has 0 nitrogen and oxygen atoms in total. The van der Waals surface area contributed by atoms with Crippen LogP contribution in [0, 0.1) is 0 Å². The summed E-state index contributed by atoms with van der Waals surface area (Å²) in [5.41, 5.74) is 0. The third-order valence-corrected chi connectivity index (χ3v) is 6.33. The summed E-state index contributed by atoms with van der Waals surface area (Å²) in [6, 6.07) is 0. The highest BCUT2D eigenvalue weighted by atomic mass is 35.6. The normalized spacial score (nSPS) is 15.9. The van der Waals surface area contributed by atoms with E-state index in [1.54, 1.807) is 21.6 Å². The van der Waals surface area contributed by atoms with Crippen molar-refractivity contribution in [3.63, 3.8) is 0 Å². The van der Waals surface area contributed by atoms with Crippen molar-refractivity contribution in [3.05, 3.63) is 0 Å². The summed E-state index contributed by atoms with van der Waals surface area (Å²) >= 11 is 17.5. The first-order valence-electron chi connectivity index (χ1n) is 4.08. The van der Waals surface area contributed by atoms with Gasteiger partial charge in [-0.3, -0.25) is 0 Å². The first kappa shape index (κ1) is 14.6. The van der Waals surface area contributed by atoms with Crippen LogP contribution in [0.4, 0.5) is 0 Å². The van der Waals surface area contributed by atoms with Crippen LogP contribution in [0.3, 0.4) is 0 Å². The number of alkyl halides is 3. The molecule has 0 fully saturated rings. The topological polar surface area (TPSA) is 0 Å². The molecule has 0 spiro atoms. The van der Waals surface area contributed by atoms with E-state index in [0.29, 0.717) is 0 Å². The number of rotatable bonds is 3. The van der Waals surface area contributed by atoms with Gasteiger partial charge in [0.2, 0.25) is 3.79 Å². The van der Waals surface area contributed by atoms with E-state index in [9.17, 15) is 0 Å². The van der Waals surface area contributed by atoms with Crippen LogP contribution in [-0.2, 0) is 0 Å². The van der Waals surface area contributed by atoms with Gasteiger partial charge in [-0.15, -0.1) is 0 Å². The van der Waals surface area contributed by atoms with E-state index in [0.717, 1.165) is 6.42 Å². The predicted molar refractivity (Wildman–Crippen MR) is 69.3 cm³/mol. The Bertz CT molecular complexity index is 148. The molecule has 0 N–H and O–H groups in total. The molecule has 0 unspecified atom stereocenters. The fourth-order valence-corrected chi connectivity index (χ4v) is 4.60. The van der Waals surface area contributed by atoms with Gasteiger partial charge in [-0.25, -0.2) is 0 Å². The summed E-state index contributed by atoms with van der Waals surface area (Å²) in [5, 5.41) is 0.0572. The van der Waals surface area contributed by atoms with Gasteiger partial charge >= 0.3 is 0 Å². The molecule has 0 saturated carbocycles.